The van der Waals surface area contributed by atoms with Gasteiger partial charge in [0, 0.05) is 17.5 Å². The summed E-state index contributed by atoms with van der Waals surface area (Å²) in [6, 6.07) is 5.41. The lowest BCUT2D eigenvalue weighted by atomic mass is 10.0. The topological polar surface area (TPSA) is 46.2 Å². The van der Waals surface area contributed by atoms with Crippen LogP contribution >= 0.6 is 0 Å². The molecule has 1 heterocycles. The van der Waals surface area contributed by atoms with E-state index in [0.717, 1.165) is 23.2 Å². The molecular formula is C12H15NO2S. The van der Waals surface area contributed by atoms with Gasteiger partial charge in [0.2, 0.25) is 9.84 Å². The minimum absolute atomic E-state index is 0.445. The van der Waals surface area contributed by atoms with Crippen molar-refractivity contribution in [2.45, 2.75) is 18.7 Å². The van der Waals surface area contributed by atoms with Gasteiger partial charge in [-0.25, -0.2) is 8.42 Å². The number of hydrogen-bond acceptors (Lipinski definition) is 3. The summed E-state index contributed by atoms with van der Waals surface area (Å²) in [6.07, 6.45) is 0. The Bertz CT molecular complexity index is 544. The van der Waals surface area contributed by atoms with Crippen molar-refractivity contribution in [2.24, 2.45) is 0 Å². The highest BCUT2D eigenvalue weighted by molar-refractivity contribution is 7.95. The third-order valence-electron chi connectivity index (χ3n) is 2.73. The molecule has 0 atom stereocenters. The molecule has 86 valence electrons. The largest absolute Gasteiger partial charge is 0.313 e. The quantitative estimate of drug-likeness (QED) is 0.871. The predicted molar refractivity (Wildman–Crippen MR) is 64.9 cm³/mol. The Morgan fingerprint density at radius 3 is 2.75 bits per heavy atom. The Balaban J connectivity index is 2.53. The number of benzene rings is 1. The fourth-order valence-electron chi connectivity index (χ4n) is 1.99. The smallest absolute Gasteiger partial charge is 0.200 e. The highest BCUT2D eigenvalue weighted by Crippen LogP contribution is 2.34. The molecule has 0 saturated carbocycles. The second kappa shape index (κ2) is 4.03. The maximum absolute atomic E-state index is 11.9. The summed E-state index contributed by atoms with van der Waals surface area (Å²) in [6.45, 7) is 5.38. The van der Waals surface area contributed by atoms with E-state index < -0.39 is 9.84 Å². The molecule has 1 aromatic carbocycles. The molecule has 0 unspecified atom stereocenters. The zero-order chi connectivity index (χ0) is 11.8. The van der Waals surface area contributed by atoms with Gasteiger partial charge < -0.3 is 5.32 Å². The fraction of sp³-hybridized carbons (Fsp3) is 0.333. The Morgan fingerprint density at radius 1 is 1.31 bits per heavy atom. The maximum atomic E-state index is 11.9. The molecule has 1 aromatic rings. The van der Waals surface area contributed by atoms with Crippen LogP contribution in [-0.4, -0.2) is 21.5 Å². The van der Waals surface area contributed by atoms with E-state index in [2.05, 4.69) is 5.32 Å². The number of hydrogen-bond donors (Lipinski definition) is 1. The van der Waals surface area contributed by atoms with E-state index in [1.54, 1.807) is 12.1 Å². The lowest BCUT2D eigenvalue weighted by molar-refractivity contribution is 0.605. The monoisotopic (exact) mass is 237 g/mol. The van der Waals surface area contributed by atoms with Crippen LogP contribution in [0.1, 0.15) is 18.1 Å². The van der Waals surface area contributed by atoms with Crippen LogP contribution in [0, 0.1) is 6.92 Å². The molecule has 2 rings (SSSR count). The highest BCUT2D eigenvalue weighted by atomic mass is 32.2. The van der Waals surface area contributed by atoms with Crippen molar-refractivity contribution in [2.75, 3.05) is 13.1 Å². The van der Waals surface area contributed by atoms with E-state index in [0.29, 0.717) is 11.4 Å². The summed E-state index contributed by atoms with van der Waals surface area (Å²) in [5, 5.41) is 4.55. The van der Waals surface area contributed by atoms with Crippen LogP contribution in [0.3, 0.4) is 0 Å². The SMILES string of the molecule is CCNCC1=CS(=O)(=O)c2cccc(C)c21. The average molecular weight is 237 g/mol. The van der Waals surface area contributed by atoms with E-state index in [1.807, 2.05) is 19.9 Å². The zero-order valence-corrected chi connectivity index (χ0v) is 10.3. The third kappa shape index (κ3) is 1.79. The van der Waals surface area contributed by atoms with E-state index >= 15 is 0 Å². The van der Waals surface area contributed by atoms with Crippen molar-refractivity contribution < 1.29 is 8.42 Å². The Kier molecular flexibility index (Phi) is 2.86. The first-order chi connectivity index (χ1) is 7.56. The molecule has 0 fully saturated rings. The third-order valence-corrected chi connectivity index (χ3v) is 4.27. The van der Waals surface area contributed by atoms with Gasteiger partial charge in [0.15, 0.2) is 0 Å². The van der Waals surface area contributed by atoms with Crippen LogP contribution in [-0.2, 0) is 9.84 Å². The van der Waals surface area contributed by atoms with E-state index in [9.17, 15) is 8.42 Å². The lowest BCUT2D eigenvalue weighted by Gasteiger charge is -2.07. The molecule has 1 N–H and O–H groups in total. The summed E-state index contributed by atoms with van der Waals surface area (Å²) >= 11 is 0. The first-order valence-corrected chi connectivity index (χ1v) is 6.87. The maximum Gasteiger partial charge on any atom is 0.200 e. The molecule has 0 amide bonds. The summed E-state index contributed by atoms with van der Waals surface area (Å²) in [5.74, 6) is 0. The number of nitrogens with one attached hydrogen (secondary N) is 1. The van der Waals surface area contributed by atoms with Gasteiger partial charge in [-0.3, -0.25) is 0 Å². The van der Waals surface area contributed by atoms with Gasteiger partial charge in [-0.1, -0.05) is 19.1 Å². The average Bonchev–Trinajstić information content (AvgIpc) is 2.49. The van der Waals surface area contributed by atoms with Crippen LogP contribution in [0.15, 0.2) is 28.5 Å². The molecule has 0 aliphatic carbocycles. The van der Waals surface area contributed by atoms with Crippen molar-refractivity contribution in [1.29, 1.82) is 0 Å². The predicted octanol–water partition coefficient (Wildman–Crippen LogP) is 1.73. The highest BCUT2D eigenvalue weighted by Gasteiger charge is 2.27. The van der Waals surface area contributed by atoms with Gasteiger partial charge in [-0.05, 0) is 30.7 Å². The summed E-state index contributed by atoms with van der Waals surface area (Å²) in [5.41, 5.74) is 2.76. The first kappa shape index (κ1) is 11.4. The van der Waals surface area contributed by atoms with Gasteiger partial charge in [0.1, 0.15) is 0 Å². The lowest BCUT2D eigenvalue weighted by Crippen LogP contribution is -2.15. The van der Waals surface area contributed by atoms with Crippen LogP contribution in [0.2, 0.25) is 0 Å². The zero-order valence-electron chi connectivity index (χ0n) is 9.45. The molecule has 3 nitrogen and oxygen atoms in total. The van der Waals surface area contributed by atoms with Gasteiger partial charge in [0.05, 0.1) is 4.90 Å². The minimum Gasteiger partial charge on any atom is -0.313 e. The van der Waals surface area contributed by atoms with Crippen molar-refractivity contribution in [3.05, 3.63) is 34.7 Å². The normalized spacial score (nSPS) is 17.0. The molecule has 1 aliphatic rings. The standard InChI is InChI=1S/C12H15NO2S/c1-3-13-7-10-8-16(14,15)11-6-4-5-9(2)12(10)11/h4-6,8,13H,3,7H2,1-2H3. The van der Waals surface area contributed by atoms with E-state index in [4.69, 9.17) is 0 Å². The number of sulfone groups is 1. The number of fused-ring (bicyclic) bond motifs is 1. The molecular weight excluding hydrogens is 222 g/mol. The molecule has 1 aliphatic heterocycles. The second-order valence-electron chi connectivity index (χ2n) is 3.92. The number of rotatable bonds is 3. The Labute approximate surface area is 96.1 Å². The van der Waals surface area contributed by atoms with Crippen LogP contribution in [0.25, 0.3) is 5.57 Å². The van der Waals surface area contributed by atoms with Gasteiger partial charge in [0.25, 0.3) is 0 Å². The Morgan fingerprint density at radius 2 is 2.06 bits per heavy atom. The summed E-state index contributed by atoms with van der Waals surface area (Å²) < 4.78 is 23.7. The van der Waals surface area contributed by atoms with Crippen molar-refractivity contribution >= 4 is 15.4 Å². The molecule has 0 aromatic heterocycles. The van der Waals surface area contributed by atoms with Crippen LogP contribution in [0.4, 0.5) is 0 Å². The summed E-state index contributed by atoms with van der Waals surface area (Å²) in [7, 11) is -3.21. The number of likely N-dealkylation sites (N-methyl/N-ethyl adjacent to an activating group) is 1. The van der Waals surface area contributed by atoms with Crippen LogP contribution in [0.5, 0.6) is 0 Å². The minimum atomic E-state index is -3.21. The molecule has 0 spiro atoms. The van der Waals surface area contributed by atoms with Gasteiger partial charge >= 0.3 is 0 Å². The van der Waals surface area contributed by atoms with Gasteiger partial charge in [-0.2, -0.15) is 0 Å². The summed E-state index contributed by atoms with van der Waals surface area (Å²) in [4.78, 5) is 0.445. The van der Waals surface area contributed by atoms with Crippen molar-refractivity contribution in [1.82, 2.24) is 5.32 Å². The van der Waals surface area contributed by atoms with Crippen LogP contribution < -0.4 is 5.32 Å². The van der Waals surface area contributed by atoms with Crippen molar-refractivity contribution in [3.8, 4) is 0 Å². The molecule has 0 bridgehead atoms. The van der Waals surface area contributed by atoms with Gasteiger partial charge in [-0.15, -0.1) is 0 Å². The van der Waals surface area contributed by atoms with Crippen molar-refractivity contribution in [3.63, 3.8) is 0 Å². The molecule has 16 heavy (non-hydrogen) atoms. The second-order valence-corrected chi connectivity index (χ2v) is 5.68. The molecule has 4 heteroatoms. The fourth-order valence-corrected chi connectivity index (χ4v) is 3.54. The molecule has 0 radical (unpaired) electrons. The first-order valence-electron chi connectivity index (χ1n) is 5.32. The van der Waals surface area contributed by atoms with E-state index in [1.165, 1.54) is 5.41 Å². The molecule has 0 saturated heterocycles. The Hall–Kier alpha value is -1.13. The number of aryl methyl sites for hydroxylation is 1. The van der Waals surface area contributed by atoms with E-state index in [-0.39, 0.29) is 0 Å².